The highest BCUT2D eigenvalue weighted by molar-refractivity contribution is 5.91. The van der Waals surface area contributed by atoms with Crippen molar-refractivity contribution >= 4 is 11.8 Å². The summed E-state index contributed by atoms with van der Waals surface area (Å²) in [7, 11) is 0. The van der Waals surface area contributed by atoms with Gasteiger partial charge in [-0.15, -0.1) is 0 Å². The molecule has 1 atom stereocenters. The zero-order valence-corrected chi connectivity index (χ0v) is 11.8. The molecule has 5 heteroatoms. The first-order chi connectivity index (χ1) is 10.2. The Morgan fingerprint density at radius 1 is 1.14 bits per heavy atom. The molecule has 2 rings (SSSR count). The lowest BCUT2D eigenvalue weighted by Crippen LogP contribution is -2.31. The quantitative estimate of drug-likeness (QED) is 0.855. The summed E-state index contributed by atoms with van der Waals surface area (Å²) in [6.45, 7) is 2.20. The number of carbonyl (C=O) groups excluding carboxylic acids is 2. The average molecular weight is 286 g/mol. The van der Waals surface area contributed by atoms with E-state index in [0.717, 1.165) is 5.56 Å². The molecule has 1 aromatic heterocycles. The van der Waals surface area contributed by atoms with Crippen molar-refractivity contribution in [2.24, 2.45) is 0 Å². The summed E-state index contributed by atoms with van der Waals surface area (Å²) in [6, 6.07) is 12.9. The number of amides is 2. The number of rotatable bonds is 6. The molecule has 5 nitrogen and oxygen atoms in total. The van der Waals surface area contributed by atoms with Crippen LogP contribution in [0.4, 0.5) is 0 Å². The molecule has 2 aromatic rings. The summed E-state index contributed by atoms with van der Waals surface area (Å²) in [5.74, 6) is -0.178. The Labute approximate surface area is 123 Å². The fraction of sp³-hybridized carbons (Fsp3) is 0.250. The maximum atomic E-state index is 11.8. The van der Waals surface area contributed by atoms with Crippen LogP contribution < -0.4 is 10.6 Å². The van der Waals surface area contributed by atoms with Crippen LogP contribution in [0.25, 0.3) is 0 Å². The fourth-order valence-corrected chi connectivity index (χ4v) is 1.92. The van der Waals surface area contributed by atoms with Crippen LogP contribution in [-0.4, -0.2) is 18.4 Å². The zero-order valence-electron chi connectivity index (χ0n) is 11.8. The smallest absolute Gasteiger partial charge is 0.286 e. The van der Waals surface area contributed by atoms with Gasteiger partial charge in [0.2, 0.25) is 5.91 Å². The average Bonchev–Trinajstić information content (AvgIpc) is 3.02. The van der Waals surface area contributed by atoms with Crippen molar-refractivity contribution in [3.05, 3.63) is 60.1 Å². The monoisotopic (exact) mass is 286 g/mol. The van der Waals surface area contributed by atoms with Crippen LogP contribution in [0.5, 0.6) is 0 Å². The van der Waals surface area contributed by atoms with Crippen LogP contribution in [-0.2, 0) is 4.79 Å². The second kappa shape index (κ2) is 7.28. The Kier molecular flexibility index (Phi) is 5.15. The highest BCUT2D eigenvalue weighted by Gasteiger charge is 2.11. The highest BCUT2D eigenvalue weighted by atomic mass is 16.3. The molecule has 0 aliphatic heterocycles. The van der Waals surface area contributed by atoms with E-state index in [2.05, 4.69) is 10.6 Å². The molecule has 0 spiro atoms. The number of furan rings is 1. The van der Waals surface area contributed by atoms with E-state index in [9.17, 15) is 9.59 Å². The number of hydrogen-bond donors (Lipinski definition) is 2. The molecule has 1 heterocycles. The molecule has 2 amide bonds. The van der Waals surface area contributed by atoms with E-state index in [1.54, 1.807) is 12.1 Å². The van der Waals surface area contributed by atoms with Crippen LogP contribution in [0.3, 0.4) is 0 Å². The first-order valence-corrected chi connectivity index (χ1v) is 6.83. The van der Waals surface area contributed by atoms with E-state index in [4.69, 9.17) is 4.42 Å². The molecule has 0 fully saturated rings. The summed E-state index contributed by atoms with van der Waals surface area (Å²) in [6.07, 6.45) is 1.66. The molecule has 110 valence electrons. The van der Waals surface area contributed by atoms with Crippen LogP contribution in [0, 0.1) is 0 Å². The minimum Gasteiger partial charge on any atom is -0.459 e. The van der Waals surface area contributed by atoms with Gasteiger partial charge in [0.25, 0.3) is 5.91 Å². The Bertz CT molecular complexity index is 579. The third-order valence-corrected chi connectivity index (χ3v) is 3.06. The van der Waals surface area contributed by atoms with Gasteiger partial charge in [-0.2, -0.15) is 0 Å². The third kappa shape index (κ3) is 4.49. The van der Waals surface area contributed by atoms with Crippen molar-refractivity contribution in [2.45, 2.75) is 19.4 Å². The van der Waals surface area contributed by atoms with Crippen molar-refractivity contribution in [1.82, 2.24) is 10.6 Å². The second-order valence-electron chi connectivity index (χ2n) is 4.68. The van der Waals surface area contributed by atoms with E-state index in [1.165, 1.54) is 6.26 Å². The SMILES string of the molecule is C[C@H](NC(=O)CCNC(=O)c1ccco1)c1ccccc1. The predicted molar refractivity (Wildman–Crippen MR) is 78.7 cm³/mol. The normalized spacial score (nSPS) is 11.7. The molecule has 1 aromatic carbocycles. The third-order valence-electron chi connectivity index (χ3n) is 3.06. The van der Waals surface area contributed by atoms with Crippen molar-refractivity contribution in [1.29, 1.82) is 0 Å². The number of hydrogen-bond acceptors (Lipinski definition) is 3. The number of carbonyl (C=O) groups is 2. The molecular formula is C16H18N2O3. The molecule has 2 N–H and O–H groups in total. The summed E-state index contributed by atoms with van der Waals surface area (Å²) < 4.78 is 4.96. The van der Waals surface area contributed by atoms with E-state index in [1.807, 2.05) is 37.3 Å². The van der Waals surface area contributed by atoms with Crippen LogP contribution in [0.2, 0.25) is 0 Å². The zero-order chi connectivity index (χ0) is 15.1. The first kappa shape index (κ1) is 14.8. The minimum atomic E-state index is -0.316. The van der Waals surface area contributed by atoms with Crippen molar-refractivity contribution in [3.8, 4) is 0 Å². The maximum absolute atomic E-state index is 11.8. The van der Waals surface area contributed by atoms with Gasteiger partial charge in [0.05, 0.1) is 12.3 Å². The standard InChI is InChI=1S/C16H18N2O3/c1-12(13-6-3-2-4-7-13)18-15(19)9-10-17-16(20)14-8-5-11-21-14/h2-8,11-12H,9-10H2,1H3,(H,17,20)(H,18,19)/t12-/m0/s1. The molecule has 0 unspecified atom stereocenters. The van der Waals surface area contributed by atoms with E-state index < -0.39 is 0 Å². The maximum Gasteiger partial charge on any atom is 0.286 e. The van der Waals surface area contributed by atoms with Gasteiger partial charge in [0.15, 0.2) is 5.76 Å². The van der Waals surface area contributed by atoms with Gasteiger partial charge in [-0.05, 0) is 24.6 Å². The van der Waals surface area contributed by atoms with Crippen molar-refractivity contribution in [2.75, 3.05) is 6.54 Å². The van der Waals surface area contributed by atoms with Gasteiger partial charge in [0.1, 0.15) is 0 Å². The Balaban J connectivity index is 1.71. The molecule has 0 radical (unpaired) electrons. The first-order valence-electron chi connectivity index (χ1n) is 6.83. The Morgan fingerprint density at radius 2 is 1.90 bits per heavy atom. The van der Waals surface area contributed by atoms with Gasteiger partial charge >= 0.3 is 0 Å². The van der Waals surface area contributed by atoms with Gasteiger partial charge < -0.3 is 15.1 Å². The lowest BCUT2D eigenvalue weighted by atomic mass is 10.1. The second-order valence-corrected chi connectivity index (χ2v) is 4.68. The van der Waals surface area contributed by atoms with E-state index >= 15 is 0 Å². The van der Waals surface area contributed by atoms with E-state index in [0.29, 0.717) is 0 Å². The van der Waals surface area contributed by atoms with E-state index in [-0.39, 0.29) is 36.6 Å². The molecule has 0 bridgehead atoms. The predicted octanol–water partition coefficient (Wildman–Crippen LogP) is 2.28. The largest absolute Gasteiger partial charge is 0.459 e. The molecule has 0 aliphatic rings. The van der Waals surface area contributed by atoms with Gasteiger partial charge in [-0.3, -0.25) is 9.59 Å². The summed E-state index contributed by atoms with van der Waals surface area (Å²) in [4.78, 5) is 23.4. The minimum absolute atomic E-state index is 0.0560. The Hall–Kier alpha value is -2.56. The lowest BCUT2D eigenvalue weighted by molar-refractivity contribution is -0.121. The van der Waals surface area contributed by atoms with Crippen LogP contribution in [0.15, 0.2) is 53.1 Å². The number of nitrogens with one attached hydrogen (secondary N) is 2. The molecule has 21 heavy (non-hydrogen) atoms. The van der Waals surface area contributed by atoms with Gasteiger partial charge in [-0.1, -0.05) is 30.3 Å². The summed E-state index contributed by atoms with van der Waals surface area (Å²) in [5.41, 5.74) is 1.05. The van der Waals surface area contributed by atoms with Gasteiger partial charge in [0, 0.05) is 13.0 Å². The highest BCUT2D eigenvalue weighted by Crippen LogP contribution is 2.10. The Morgan fingerprint density at radius 3 is 2.57 bits per heavy atom. The molecular weight excluding hydrogens is 268 g/mol. The van der Waals surface area contributed by atoms with Crippen LogP contribution in [0.1, 0.15) is 35.5 Å². The topological polar surface area (TPSA) is 71.3 Å². The summed E-state index contributed by atoms with van der Waals surface area (Å²) >= 11 is 0. The number of benzene rings is 1. The molecule has 0 aliphatic carbocycles. The molecule has 0 saturated heterocycles. The summed E-state index contributed by atoms with van der Waals surface area (Å²) in [5, 5.41) is 5.53. The van der Waals surface area contributed by atoms with Crippen LogP contribution >= 0.6 is 0 Å². The van der Waals surface area contributed by atoms with Crippen molar-refractivity contribution < 1.29 is 14.0 Å². The van der Waals surface area contributed by atoms with Gasteiger partial charge in [-0.25, -0.2) is 0 Å². The fourth-order valence-electron chi connectivity index (χ4n) is 1.92. The lowest BCUT2D eigenvalue weighted by Gasteiger charge is -2.14. The molecule has 0 saturated carbocycles. The van der Waals surface area contributed by atoms with Crippen molar-refractivity contribution in [3.63, 3.8) is 0 Å².